The van der Waals surface area contributed by atoms with Gasteiger partial charge in [-0.25, -0.2) is 4.98 Å². The lowest BCUT2D eigenvalue weighted by Crippen LogP contribution is -1.99. The molecule has 3 aromatic rings. The Morgan fingerprint density at radius 1 is 1.24 bits per heavy atom. The van der Waals surface area contributed by atoms with Gasteiger partial charge < -0.3 is 5.11 Å². The molecule has 0 aliphatic rings. The third-order valence-electron chi connectivity index (χ3n) is 3.91. The topological polar surface area (TPSA) is 74.6 Å². The second-order valence-corrected chi connectivity index (χ2v) is 8.50. The van der Waals surface area contributed by atoms with Gasteiger partial charge in [-0.15, -0.1) is 0 Å². The zero-order valence-electron chi connectivity index (χ0n) is 15.6. The molecule has 0 unspecified atom stereocenters. The average Bonchev–Trinajstić information content (AvgIpc) is 3.05. The van der Waals surface area contributed by atoms with Crippen molar-refractivity contribution in [1.82, 2.24) is 4.98 Å². The van der Waals surface area contributed by atoms with E-state index < -0.39 is 0 Å². The molecular formula is C21H17BrClN3O2S. The lowest BCUT2D eigenvalue weighted by molar-refractivity contribution is -0.111. The van der Waals surface area contributed by atoms with E-state index in [4.69, 9.17) is 11.6 Å². The maximum absolute atomic E-state index is 12.1. The zero-order chi connectivity index (χ0) is 21.0. The molecule has 0 aliphatic heterocycles. The summed E-state index contributed by atoms with van der Waals surface area (Å²) in [5.74, 6) is -0.298. The van der Waals surface area contributed by atoms with Crippen molar-refractivity contribution in [3.8, 4) is 11.3 Å². The zero-order valence-corrected chi connectivity index (χ0v) is 18.8. The predicted octanol–water partition coefficient (Wildman–Crippen LogP) is 6.55. The fourth-order valence-corrected chi connectivity index (χ4v) is 4.29. The van der Waals surface area contributed by atoms with Crippen LogP contribution in [0.2, 0.25) is 5.02 Å². The van der Waals surface area contributed by atoms with Crippen LogP contribution in [0.1, 0.15) is 24.3 Å². The minimum Gasteiger partial charge on any atom is -0.512 e. The van der Waals surface area contributed by atoms with Gasteiger partial charge in [0.2, 0.25) is 5.13 Å². The second-order valence-electron chi connectivity index (χ2n) is 6.15. The summed E-state index contributed by atoms with van der Waals surface area (Å²) in [6, 6.07) is 14.8. The standard InChI is InChI=1S/C21H17BrClN3O2S/c1-12(27)18(13(2)28)20-19(15-6-8-17(23)9-7-15)25-21(29-20)26-24-11-14-4-3-5-16(22)10-14/h3-11,27H,1-2H3,(H,25,26). The van der Waals surface area contributed by atoms with Gasteiger partial charge in [-0.05, 0) is 43.7 Å². The Bertz CT molecular complexity index is 1100. The van der Waals surface area contributed by atoms with Crippen molar-refractivity contribution in [2.24, 2.45) is 5.10 Å². The van der Waals surface area contributed by atoms with E-state index in [0.717, 1.165) is 15.6 Å². The highest BCUT2D eigenvalue weighted by atomic mass is 79.9. The van der Waals surface area contributed by atoms with Gasteiger partial charge in [0.15, 0.2) is 5.78 Å². The van der Waals surface area contributed by atoms with Crippen molar-refractivity contribution in [2.75, 3.05) is 5.43 Å². The molecule has 2 N–H and O–H groups in total. The first kappa shape index (κ1) is 21.2. The van der Waals surface area contributed by atoms with Gasteiger partial charge in [-0.3, -0.25) is 10.2 Å². The fourth-order valence-electron chi connectivity index (χ4n) is 2.67. The minimum absolute atomic E-state index is 0.0550. The SMILES string of the molecule is CC(=O)C(=C(C)O)c1sc(NN=Cc2cccc(Br)c2)nc1-c1ccc(Cl)cc1. The lowest BCUT2D eigenvalue weighted by Gasteiger charge is -2.06. The summed E-state index contributed by atoms with van der Waals surface area (Å²) >= 11 is 10.7. The molecule has 0 saturated heterocycles. The van der Waals surface area contributed by atoms with E-state index in [-0.39, 0.29) is 17.1 Å². The molecule has 8 heteroatoms. The molecule has 2 aromatic carbocycles. The quantitative estimate of drug-likeness (QED) is 0.178. The Balaban J connectivity index is 1.99. The van der Waals surface area contributed by atoms with Crippen LogP contribution >= 0.6 is 38.9 Å². The van der Waals surface area contributed by atoms with E-state index in [0.29, 0.717) is 20.7 Å². The van der Waals surface area contributed by atoms with Gasteiger partial charge in [0.25, 0.3) is 0 Å². The number of halogens is 2. The first-order valence-corrected chi connectivity index (χ1v) is 10.6. The molecule has 0 spiro atoms. The highest BCUT2D eigenvalue weighted by molar-refractivity contribution is 9.10. The molecular weight excluding hydrogens is 474 g/mol. The number of carbonyl (C=O) groups excluding carboxylic acids is 1. The van der Waals surface area contributed by atoms with E-state index in [1.165, 1.54) is 25.2 Å². The smallest absolute Gasteiger partial charge is 0.204 e. The van der Waals surface area contributed by atoms with Crippen LogP contribution in [-0.2, 0) is 4.79 Å². The van der Waals surface area contributed by atoms with Gasteiger partial charge >= 0.3 is 0 Å². The molecule has 0 atom stereocenters. The van der Waals surface area contributed by atoms with Crippen molar-refractivity contribution in [3.63, 3.8) is 0 Å². The first-order chi connectivity index (χ1) is 13.8. The Morgan fingerprint density at radius 2 is 1.97 bits per heavy atom. The molecule has 1 aromatic heterocycles. The normalized spacial score (nSPS) is 12.1. The lowest BCUT2D eigenvalue weighted by atomic mass is 10.0. The van der Waals surface area contributed by atoms with E-state index >= 15 is 0 Å². The summed E-state index contributed by atoms with van der Waals surface area (Å²) in [6.07, 6.45) is 1.67. The molecule has 148 valence electrons. The number of thiazole rings is 1. The number of aromatic nitrogens is 1. The summed E-state index contributed by atoms with van der Waals surface area (Å²) in [7, 11) is 0. The van der Waals surface area contributed by atoms with E-state index in [1.54, 1.807) is 18.3 Å². The Morgan fingerprint density at radius 3 is 2.59 bits per heavy atom. The van der Waals surface area contributed by atoms with Crippen LogP contribution in [0.5, 0.6) is 0 Å². The van der Waals surface area contributed by atoms with Crippen molar-refractivity contribution in [3.05, 3.63) is 74.2 Å². The van der Waals surface area contributed by atoms with Gasteiger partial charge in [-0.1, -0.05) is 63.1 Å². The largest absolute Gasteiger partial charge is 0.512 e. The first-order valence-electron chi connectivity index (χ1n) is 8.57. The van der Waals surface area contributed by atoms with E-state index in [9.17, 15) is 9.90 Å². The summed E-state index contributed by atoms with van der Waals surface area (Å²) in [4.78, 5) is 17.3. The number of rotatable bonds is 6. The van der Waals surface area contributed by atoms with Crippen LogP contribution in [0.3, 0.4) is 0 Å². The van der Waals surface area contributed by atoms with Crippen molar-refractivity contribution < 1.29 is 9.90 Å². The van der Waals surface area contributed by atoms with Gasteiger partial charge in [0, 0.05) is 15.1 Å². The number of ketones is 1. The fraction of sp³-hybridized carbons (Fsp3) is 0.0952. The van der Waals surface area contributed by atoms with Crippen LogP contribution in [0.25, 0.3) is 16.8 Å². The molecule has 5 nitrogen and oxygen atoms in total. The van der Waals surface area contributed by atoms with Crippen molar-refractivity contribution in [2.45, 2.75) is 13.8 Å². The van der Waals surface area contributed by atoms with Gasteiger partial charge in [0.05, 0.1) is 22.4 Å². The Kier molecular flexibility index (Phi) is 6.84. The van der Waals surface area contributed by atoms with Crippen LogP contribution in [-0.4, -0.2) is 22.1 Å². The Hall–Kier alpha value is -2.48. The molecule has 0 saturated carbocycles. The summed E-state index contributed by atoms with van der Waals surface area (Å²) in [5, 5.41) is 15.4. The van der Waals surface area contributed by atoms with Crippen LogP contribution in [0.4, 0.5) is 5.13 Å². The Labute approximate surface area is 185 Å². The maximum atomic E-state index is 12.1. The van der Waals surface area contributed by atoms with Crippen LogP contribution in [0, 0.1) is 0 Å². The molecule has 0 aliphatic carbocycles. The number of anilines is 1. The molecule has 0 bridgehead atoms. The monoisotopic (exact) mass is 489 g/mol. The molecule has 0 fully saturated rings. The summed E-state index contributed by atoms with van der Waals surface area (Å²) in [5.41, 5.74) is 5.41. The maximum Gasteiger partial charge on any atom is 0.204 e. The summed E-state index contributed by atoms with van der Waals surface area (Å²) in [6.45, 7) is 2.90. The number of Topliss-reactive ketones (excluding diaryl/α,β-unsaturated/α-hetero) is 1. The van der Waals surface area contributed by atoms with Crippen LogP contribution in [0.15, 0.2) is 63.9 Å². The number of aliphatic hydroxyl groups is 1. The molecule has 3 rings (SSSR count). The predicted molar refractivity (Wildman–Crippen MR) is 124 cm³/mol. The third kappa shape index (κ3) is 5.32. The molecule has 29 heavy (non-hydrogen) atoms. The number of hydrogen-bond acceptors (Lipinski definition) is 6. The van der Waals surface area contributed by atoms with Crippen molar-refractivity contribution >= 4 is 61.6 Å². The van der Waals surface area contributed by atoms with Crippen LogP contribution < -0.4 is 5.43 Å². The summed E-state index contributed by atoms with van der Waals surface area (Å²) < 4.78 is 0.956. The van der Waals surface area contributed by atoms with Gasteiger partial charge in [0.1, 0.15) is 5.76 Å². The third-order valence-corrected chi connectivity index (χ3v) is 5.63. The number of aliphatic hydroxyl groups excluding tert-OH is 1. The molecule has 1 heterocycles. The number of hydrazone groups is 1. The molecule has 0 radical (unpaired) electrons. The number of nitrogens with zero attached hydrogens (tertiary/aromatic N) is 2. The number of carbonyl (C=O) groups is 1. The average molecular weight is 491 g/mol. The van der Waals surface area contributed by atoms with Crippen molar-refractivity contribution in [1.29, 1.82) is 0 Å². The number of allylic oxidation sites excluding steroid dienone is 2. The van der Waals surface area contributed by atoms with E-state index in [1.807, 2.05) is 36.4 Å². The minimum atomic E-state index is -0.243. The molecule has 0 amide bonds. The second kappa shape index (κ2) is 9.35. The highest BCUT2D eigenvalue weighted by Gasteiger charge is 2.21. The number of benzene rings is 2. The number of nitrogens with one attached hydrogen (secondary N) is 1. The number of hydrogen-bond donors (Lipinski definition) is 2. The highest BCUT2D eigenvalue weighted by Crippen LogP contribution is 2.37. The van der Waals surface area contributed by atoms with E-state index in [2.05, 4.69) is 31.4 Å². The van der Waals surface area contributed by atoms with Gasteiger partial charge in [-0.2, -0.15) is 5.10 Å².